The summed E-state index contributed by atoms with van der Waals surface area (Å²) in [6, 6.07) is 6.77. The summed E-state index contributed by atoms with van der Waals surface area (Å²) in [5.41, 5.74) is 14.1. The molecular formula is C26H27FN6O. The number of anilines is 1. The van der Waals surface area contributed by atoms with Gasteiger partial charge in [0.1, 0.15) is 11.9 Å². The number of aryl methyl sites for hydroxylation is 3. The zero-order valence-corrected chi connectivity index (χ0v) is 19.5. The second-order valence-corrected chi connectivity index (χ2v) is 9.18. The van der Waals surface area contributed by atoms with E-state index in [9.17, 15) is 4.39 Å². The lowest BCUT2D eigenvalue weighted by atomic mass is 9.79. The van der Waals surface area contributed by atoms with Crippen molar-refractivity contribution in [3.05, 3.63) is 64.9 Å². The van der Waals surface area contributed by atoms with Gasteiger partial charge in [-0.2, -0.15) is 10.2 Å². The average Bonchev–Trinajstić information content (AvgIpc) is 3.40. The van der Waals surface area contributed by atoms with Crippen LogP contribution >= 0.6 is 0 Å². The number of hydrogen-bond donors (Lipinski definition) is 1. The number of ether oxygens (including phenoxy) is 1. The number of nitrogens with two attached hydrogens (primary N) is 1. The van der Waals surface area contributed by atoms with E-state index in [1.165, 1.54) is 17.7 Å². The van der Waals surface area contributed by atoms with Crippen LogP contribution in [-0.2, 0) is 20.0 Å². The molecule has 2 aliphatic rings. The smallest absolute Gasteiger partial charge is 0.166 e. The largest absolute Gasteiger partial charge is 0.482 e. The predicted octanol–water partition coefficient (Wildman–Crippen LogP) is 5.01. The first-order chi connectivity index (χ1) is 16.4. The summed E-state index contributed by atoms with van der Waals surface area (Å²) in [6.07, 6.45) is 6.41. The summed E-state index contributed by atoms with van der Waals surface area (Å²) >= 11 is 0. The Morgan fingerprint density at radius 2 is 2.06 bits per heavy atom. The average molecular weight is 459 g/mol. The van der Waals surface area contributed by atoms with Crippen LogP contribution in [0.4, 0.5) is 10.2 Å². The molecule has 2 bridgehead atoms. The number of halogens is 1. The lowest BCUT2D eigenvalue weighted by Gasteiger charge is -2.26. The Balaban J connectivity index is 1.72. The summed E-state index contributed by atoms with van der Waals surface area (Å²) < 4.78 is 24.6. The molecule has 7 nitrogen and oxygen atoms in total. The third kappa shape index (κ3) is 3.12. The van der Waals surface area contributed by atoms with Gasteiger partial charge in [0.25, 0.3) is 0 Å². The van der Waals surface area contributed by atoms with Crippen molar-refractivity contribution >= 4 is 5.82 Å². The second kappa shape index (κ2) is 7.68. The third-order valence-corrected chi connectivity index (χ3v) is 7.02. The maximum absolute atomic E-state index is 14.4. The van der Waals surface area contributed by atoms with Crippen LogP contribution in [0.1, 0.15) is 61.1 Å². The van der Waals surface area contributed by atoms with Crippen LogP contribution in [0.5, 0.6) is 5.75 Å². The predicted molar refractivity (Wildman–Crippen MR) is 128 cm³/mol. The molecule has 6 rings (SSSR count). The lowest BCUT2D eigenvalue weighted by molar-refractivity contribution is 0.227. The highest BCUT2D eigenvalue weighted by molar-refractivity contribution is 5.74. The van der Waals surface area contributed by atoms with Crippen LogP contribution < -0.4 is 10.5 Å². The van der Waals surface area contributed by atoms with Gasteiger partial charge >= 0.3 is 0 Å². The third-order valence-electron chi connectivity index (χ3n) is 7.02. The molecule has 1 unspecified atom stereocenters. The van der Waals surface area contributed by atoms with Gasteiger partial charge in [-0.3, -0.25) is 9.36 Å². The summed E-state index contributed by atoms with van der Waals surface area (Å²) in [4.78, 5) is 4.46. The second-order valence-electron chi connectivity index (χ2n) is 9.18. The molecule has 0 saturated carbocycles. The zero-order chi connectivity index (χ0) is 23.6. The summed E-state index contributed by atoms with van der Waals surface area (Å²) in [7, 11) is 1.93. The van der Waals surface area contributed by atoms with E-state index in [-0.39, 0.29) is 11.7 Å². The number of nitrogens with zero attached hydrogens (tertiary/aromatic N) is 5. The van der Waals surface area contributed by atoms with Crippen molar-refractivity contribution in [3.8, 4) is 28.3 Å². The molecule has 0 spiro atoms. The maximum Gasteiger partial charge on any atom is 0.166 e. The fraction of sp³-hybridized carbons (Fsp3) is 0.346. The quantitative estimate of drug-likeness (QED) is 0.434. The SMILES string of the molecule is CCn1nc2c3c1-c1cnc(N)c(c1)O[C@H](C)c1cc(F)ccc1-c1nn(C)cc1C3CCC2. The van der Waals surface area contributed by atoms with E-state index < -0.39 is 6.10 Å². The number of rotatable bonds is 1. The fourth-order valence-corrected chi connectivity index (χ4v) is 5.53. The standard InChI is InChI=1S/C26H27FN6O/c1-4-33-25-15-10-22(26(28)29-12-15)34-14(2)19-11-16(27)8-9-18(19)24-20(13-32(3)31-24)17-6-5-7-21(30-33)23(17)25/h8-14,17H,4-7H2,1-3H3,(H2,28,29)/t14-,17?/m1/s1. The molecule has 34 heavy (non-hydrogen) atoms. The highest BCUT2D eigenvalue weighted by Gasteiger charge is 2.34. The van der Waals surface area contributed by atoms with Crippen molar-refractivity contribution in [2.45, 2.75) is 51.7 Å². The van der Waals surface area contributed by atoms with Gasteiger partial charge in [-0.05, 0) is 57.4 Å². The molecule has 3 aromatic heterocycles. The van der Waals surface area contributed by atoms with E-state index in [2.05, 4.69) is 22.8 Å². The molecule has 0 saturated heterocycles. The Hall–Kier alpha value is -3.68. The first kappa shape index (κ1) is 20.9. The normalized spacial score (nSPS) is 18.7. The molecule has 0 radical (unpaired) electrons. The van der Waals surface area contributed by atoms with Gasteiger partial charge in [-0.15, -0.1) is 0 Å². The van der Waals surface area contributed by atoms with Crippen LogP contribution in [0.25, 0.3) is 22.5 Å². The molecule has 2 atom stereocenters. The molecule has 0 fully saturated rings. The van der Waals surface area contributed by atoms with Gasteiger partial charge in [-0.1, -0.05) is 0 Å². The Labute approximate surface area is 197 Å². The molecular weight excluding hydrogens is 431 g/mol. The van der Waals surface area contributed by atoms with Gasteiger partial charge in [0, 0.05) is 59.7 Å². The molecule has 4 aromatic rings. The summed E-state index contributed by atoms with van der Waals surface area (Å²) in [5, 5.41) is 9.85. The number of nitrogen functional groups attached to an aromatic ring is 1. The van der Waals surface area contributed by atoms with Crippen molar-refractivity contribution in [3.63, 3.8) is 0 Å². The monoisotopic (exact) mass is 458 g/mol. The minimum Gasteiger partial charge on any atom is -0.482 e. The minimum absolute atomic E-state index is 0.123. The number of benzene rings is 1. The maximum atomic E-state index is 14.4. The minimum atomic E-state index is -0.461. The van der Waals surface area contributed by atoms with E-state index in [1.54, 1.807) is 12.3 Å². The van der Waals surface area contributed by atoms with E-state index in [1.807, 2.05) is 24.7 Å². The Bertz CT molecular complexity index is 1420. The number of aromatic nitrogens is 5. The fourth-order valence-electron chi connectivity index (χ4n) is 5.53. The van der Waals surface area contributed by atoms with E-state index in [4.69, 9.17) is 20.7 Å². The van der Waals surface area contributed by atoms with Crippen molar-refractivity contribution in [1.82, 2.24) is 24.5 Å². The first-order valence-corrected chi connectivity index (χ1v) is 11.8. The Morgan fingerprint density at radius 3 is 2.88 bits per heavy atom. The van der Waals surface area contributed by atoms with Gasteiger partial charge in [0.15, 0.2) is 11.6 Å². The summed E-state index contributed by atoms with van der Waals surface area (Å²) in [6.45, 7) is 4.75. The van der Waals surface area contributed by atoms with Gasteiger partial charge in [-0.25, -0.2) is 9.37 Å². The van der Waals surface area contributed by atoms with Gasteiger partial charge in [0.05, 0.1) is 17.1 Å². The molecule has 1 aromatic carbocycles. The van der Waals surface area contributed by atoms with Crippen LogP contribution in [0, 0.1) is 5.82 Å². The lowest BCUT2D eigenvalue weighted by Crippen LogP contribution is -2.13. The number of hydrogen-bond acceptors (Lipinski definition) is 5. The van der Waals surface area contributed by atoms with Crippen LogP contribution in [0.2, 0.25) is 0 Å². The van der Waals surface area contributed by atoms with Crippen LogP contribution in [-0.4, -0.2) is 24.5 Å². The summed E-state index contributed by atoms with van der Waals surface area (Å²) in [5.74, 6) is 0.589. The van der Waals surface area contributed by atoms with E-state index >= 15 is 0 Å². The van der Waals surface area contributed by atoms with Crippen molar-refractivity contribution in [2.24, 2.45) is 7.05 Å². The van der Waals surface area contributed by atoms with Crippen LogP contribution in [0.3, 0.4) is 0 Å². The van der Waals surface area contributed by atoms with Crippen molar-refractivity contribution in [1.29, 1.82) is 0 Å². The molecule has 4 heterocycles. The van der Waals surface area contributed by atoms with Gasteiger partial charge < -0.3 is 10.5 Å². The zero-order valence-electron chi connectivity index (χ0n) is 19.5. The number of pyridine rings is 1. The molecule has 2 N–H and O–H groups in total. The van der Waals surface area contributed by atoms with Crippen LogP contribution in [0.15, 0.2) is 36.7 Å². The Kier molecular flexibility index (Phi) is 4.72. The Morgan fingerprint density at radius 1 is 1.21 bits per heavy atom. The van der Waals surface area contributed by atoms with Crippen molar-refractivity contribution < 1.29 is 9.13 Å². The molecule has 8 heteroatoms. The molecule has 1 aliphatic heterocycles. The van der Waals surface area contributed by atoms with Gasteiger partial charge in [0.2, 0.25) is 0 Å². The van der Waals surface area contributed by atoms with E-state index in [0.717, 1.165) is 65.1 Å². The molecule has 1 aliphatic carbocycles. The number of fused-ring (bicyclic) bond motifs is 7. The molecule has 0 amide bonds. The van der Waals surface area contributed by atoms with Crippen molar-refractivity contribution in [2.75, 3.05) is 5.73 Å². The highest BCUT2D eigenvalue weighted by atomic mass is 19.1. The highest BCUT2D eigenvalue weighted by Crippen LogP contribution is 2.47. The topological polar surface area (TPSA) is 83.8 Å². The van der Waals surface area contributed by atoms with E-state index in [0.29, 0.717) is 11.6 Å². The molecule has 174 valence electrons. The first-order valence-electron chi connectivity index (χ1n) is 11.8.